The zero-order valence-electron chi connectivity index (χ0n) is 16.5. The van der Waals surface area contributed by atoms with Crippen LogP contribution in [0.25, 0.3) is 0 Å². The van der Waals surface area contributed by atoms with Gasteiger partial charge in [-0.05, 0) is 61.2 Å². The molecule has 0 radical (unpaired) electrons. The Hall–Kier alpha value is -1.63. The van der Waals surface area contributed by atoms with Crippen LogP contribution in [-0.2, 0) is 4.79 Å². The third-order valence-electron chi connectivity index (χ3n) is 4.99. The van der Waals surface area contributed by atoms with Crippen LogP contribution in [0.15, 0.2) is 75.4 Å². The van der Waals surface area contributed by atoms with E-state index in [4.69, 9.17) is 23.2 Å². The molecule has 0 aliphatic carbocycles. The van der Waals surface area contributed by atoms with Gasteiger partial charge >= 0.3 is 0 Å². The van der Waals surface area contributed by atoms with Gasteiger partial charge < -0.3 is 5.32 Å². The third-order valence-corrected chi connectivity index (χ3v) is 7.58. The first-order valence-corrected chi connectivity index (χ1v) is 12.2. The topological polar surface area (TPSA) is 32.3 Å². The largest absolute Gasteiger partial charge is 0.302 e. The van der Waals surface area contributed by atoms with E-state index in [1.807, 2.05) is 48.4 Å². The maximum absolute atomic E-state index is 13.4. The fourth-order valence-corrected chi connectivity index (χ4v) is 5.13. The minimum Gasteiger partial charge on any atom is -0.302 e. The monoisotopic (exact) mass is 474 g/mol. The normalized spacial score (nSPS) is 13.5. The average molecular weight is 475 g/mol. The van der Waals surface area contributed by atoms with Crippen LogP contribution >= 0.6 is 46.7 Å². The van der Waals surface area contributed by atoms with Crippen molar-refractivity contribution in [2.24, 2.45) is 0 Å². The highest BCUT2D eigenvalue weighted by Gasteiger charge is 2.28. The molecule has 3 aromatic carbocycles. The van der Waals surface area contributed by atoms with Crippen LogP contribution in [0.5, 0.6) is 0 Å². The Morgan fingerprint density at radius 2 is 1.80 bits per heavy atom. The number of fused-ring (bicyclic) bond motifs is 2. The number of nitrogens with zero attached hydrogens (tertiary/aromatic N) is 1. The number of amides is 1. The fraction of sp³-hybridized carbons (Fsp3) is 0.174. The molecule has 1 atom stereocenters. The number of rotatable bonds is 5. The number of benzene rings is 3. The number of nitrogens with one attached hydrogen (secondary N) is 1. The molecule has 1 aliphatic heterocycles. The quantitative estimate of drug-likeness (QED) is 0.396. The summed E-state index contributed by atoms with van der Waals surface area (Å²) in [5.41, 5.74) is 2.83. The van der Waals surface area contributed by atoms with Crippen LogP contribution in [0.1, 0.15) is 18.5 Å². The summed E-state index contributed by atoms with van der Waals surface area (Å²) >= 11 is 15.5. The van der Waals surface area contributed by atoms with Gasteiger partial charge in [-0.25, -0.2) is 0 Å². The molecular weight excluding hydrogens is 455 g/mol. The van der Waals surface area contributed by atoms with Gasteiger partial charge in [0.2, 0.25) is 5.91 Å². The van der Waals surface area contributed by atoms with Crippen molar-refractivity contribution < 1.29 is 4.79 Å². The zero-order valence-corrected chi connectivity index (χ0v) is 19.6. The molecule has 0 saturated carbocycles. The molecule has 30 heavy (non-hydrogen) atoms. The number of hydrogen-bond acceptors (Lipinski definition) is 4. The van der Waals surface area contributed by atoms with Gasteiger partial charge in [0.15, 0.2) is 0 Å². The van der Waals surface area contributed by atoms with E-state index in [9.17, 15) is 4.79 Å². The van der Waals surface area contributed by atoms with E-state index in [2.05, 4.69) is 29.6 Å². The van der Waals surface area contributed by atoms with Crippen LogP contribution in [0.4, 0.5) is 11.4 Å². The van der Waals surface area contributed by atoms with Crippen molar-refractivity contribution in [2.45, 2.75) is 27.7 Å². The van der Waals surface area contributed by atoms with E-state index in [0.29, 0.717) is 10.0 Å². The van der Waals surface area contributed by atoms with Gasteiger partial charge in [-0.2, -0.15) is 0 Å². The second-order valence-corrected chi connectivity index (χ2v) is 9.69. The molecule has 1 aliphatic rings. The minimum absolute atomic E-state index is 0.00540. The Morgan fingerprint density at radius 3 is 2.57 bits per heavy atom. The Morgan fingerprint density at radius 1 is 1.03 bits per heavy atom. The third kappa shape index (κ3) is 4.36. The standard InChI is InChI=1S/C23H20Cl2N2OS2/c1-14(15-7-9-17(24)18(25)11-15)26-13-23(28)27-19-5-3-4-6-21(19)30-22-10-8-16(29-2)12-20(22)27/h3-12,14,26H,13H2,1-2H3/t14-/m1/s1. The molecule has 0 fully saturated rings. The number of anilines is 2. The molecule has 3 aromatic rings. The van der Waals surface area contributed by atoms with Gasteiger partial charge in [0, 0.05) is 20.7 Å². The van der Waals surface area contributed by atoms with E-state index in [1.165, 1.54) is 0 Å². The van der Waals surface area contributed by atoms with Gasteiger partial charge in [0.1, 0.15) is 0 Å². The molecule has 154 valence electrons. The van der Waals surface area contributed by atoms with Gasteiger partial charge in [0.25, 0.3) is 0 Å². The minimum atomic E-state index is -0.0462. The van der Waals surface area contributed by atoms with Gasteiger partial charge in [-0.15, -0.1) is 11.8 Å². The molecular formula is C23H20Cl2N2OS2. The molecule has 0 spiro atoms. The Labute approximate surface area is 195 Å². The van der Waals surface area contributed by atoms with Crippen molar-refractivity contribution in [1.82, 2.24) is 5.32 Å². The van der Waals surface area contributed by atoms with Crippen molar-refractivity contribution in [3.8, 4) is 0 Å². The lowest BCUT2D eigenvalue weighted by Gasteiger charge is -2.32. The molecule has 7 heteroatoms. The number of para-hydroxylation sites is 1. The Balaban J connectivity index is 1.59. The van der Waals surface area contributed by atoms with E-state index in [0.717, 1.165) is 31.6 Å². The Kier molecular flexibility index (Phi) is 6.66. The second-order valence-electron chi connectivity index (χ2n) is 6.91. The van der Waals surface area contributed by atoms with Gasteiger partial charge in [-0.1, -0.05) is 53.2 Å². The summed E-state index contributed by atoms with van der Waals surface area (Å²) in [5, 5.41) is 4.36. The highest BCUT2D eigenvalue weighted by atomic mass is 35.5. The van der Waals surface area contributed by atoms with Crippen LogP contribution in [-0.4, -0.2) is 18.7 Å². The van der Waals surface area contributed by atoms with Crippen LogP contribution in [0, 0.1) is 0 Å². The summed E-state index contributed by atoms with van der Waals surface area (Å²) in [7, 11) is 0. The number of carbonyl (C=O) groups is 1. The molecule has 1 heterocycles. The molecule has 0 bridgehead atoms. The van der Waals surface area contributed by atoms with Crippen molar-refractivity contribution in [2.75, 3.05) is 17.7 Å². The first kappa shape index (κ1) is 21.6. The second kappa shape index (κ2) is 9.25. The van der Waals surface area contributed by atoms with E-state index in [-0.39, 0.29) is 18.5 Å². The van der Waals surface area contributed by atoms with E-state index in [1.54, 1.807) is 29.6 Å². The average Bonchev–Trinajstić information content (AvgIpc) is 2.77. The number of thioether (sulfide) groups is 1. The highest BCUT2D eigenvalue weighted by Crippen LogP contribution is 2.48. The molecule has 0 unspecified atom stereocenters. The molecule has 1 amide bonds. The maximum atomic E-state index is 13.4. The molecule has 0 saturated heterocycles. The SMILES string of the molecule is CSc1ccc2c(c1)N(C(=O)CN[C@H](C)c1ccc(Cl)c(Cl)c1)c1ccccc1S2. The number of carbonyl (C=O) groups excluding carboxylic acids is 1. The molecule has 0 aromatic heterocycles. The summed E-state index contributed by atoms with van der Waals surface area (Å²) in [4.78, 5) is 18.5. The Bertz CT molecular complexity index is 1110. The fourth-order valence-electron chi connectivity index (χ4n) is 3.35. The maximum Gasteiger partial charge on any atom is 0.245 e. The van der Waals surface area contributed by atoms with Crippen molar-refractivity contribution in [3.05, 3.63) is 76.3 Å². The van der Waals surface area contributed by atoms with Crippen LogP contribution in [0.3, 0.4) is 0 Å². The van der Waals surface area contributed by atoms with Crippen molar-refractivity contribution in [3.63, 3.8) is 0 Å². The lowest BCUT2D eigenvalue weighted by atomic mass is 10.1. The van der Waals surface area contributed by atoms with Gasteiger partial charge in [-0.3, -0.25) is 9.69 Å². The summed E-state index contributed by atoms with van der Waals surface area (Å²) in [5.74, 6) is -0.00540. The highest BCUT2D eigenvalue weighted by molar-refractivity contribution is 8.00. The lowest BCUT2D eigenvalue weighted by molar-refractivity contribution is -0.117. The summed E-state index contributed by atoms with van der Waals surface area (Å²) in [6.07, 6.45) is 2.04. The van der Waals surface area contributed by atoms with Crippen molar-refractivity contribution >= 4 is 64.0 Å². The van der Waals surface area contributed by atoms with E-state index < -0.39 is 0 Å². The number of hydrogen-bond donors (Lipinski definition) is 1. The summed E-state index contributed by atoms with van der Waals surface area (Å²) in [6, 6.07) is 19.8. The lowest BCUT2D eigenvalue weighted by Crippen LogP contribution is -2.37. The van der Waals surface area contributed by atoms with Crippen LogP contribution in [0.2, 0.25) is 10.0 Å². The zero-order chi connectivity index (χ0) is 21.3. The summed E-state index contributed by atoms with van der Waals surface area (Å²) in [6.45, 7) is 2.20. The first-order chi connectivity index (χ1) is 14.5. The smallest absolute Gasteiger partial charge is 0.245 e. The van der Waals surface area contributed by atoms with Gasteiger partial charge in [0.05, 0.1) is 28.0 Å². The molecule has 3 nitrogen and oxygen atoms in total. The van der Waals surface area contributed by atoms with Crippen LogP contribution < -0.4 is 10.2 Å². The predicted molar refractivity (Wildman–Crippen MR) is 129 cm³/mol. The van der Waals surface area contributed by atoms with E-state index >= 15 is 0 Å². The first-order valence-electron chi connectivity index (χ1n) is 9.44. The molecule has 4 rings (SSSR count). The summed E-state index contributed by atoms with van der Waals surface area (Å²) < 4.78 is 0. The van der Waals surface area contributed by atoms with Crippen molar-refractivity contribution in [1.29, 1.82) is 0 Å². The molecule has 1 N–H and O–H groups in total. The predicted octanol–water partition coefficient (Wildman–Crippen LogP) is 7.20. The number of halogens is 2.